The van der Waals surface area contributed by atoms with Crippen LogP contribution in [-0.2, 0) is 4.79 Å². The van der Waals surface area contributed by atoms with Crippen LogP contribution in [0.15, 0.2) is 76.7 Å². The van der Waals surface area contributed by atoms with Crippen molar-refractivity contribution in [2.24, 2.45) is 10.2 Å². The standard InChI is InChI=1S/C20H21N5.C2H4O2/c1-14-13-19(25(24(14)3)16-9-5-4-6-10-16)22-23-20-15(2)21-18-12-8-7-11-17(18)20;1-2(3)4/h4-14,21H,1-3H3;1H3,(H,3,4). The van der Waals surface area contributed by atoms with Crippen molar-refractivity contribution < 1.29 is 9.90 Å². The largest absolute Gasteiger partial charge is 0.481 e. The van der Waals surface area contributed by atoms with Crippen molar-refractivity contribution in [1.82, 2.24) is 9.99 Å². The van der Waals surface area contributed by atoms with Crippen molar-refractivity contribution in [2.45, 2.75) is 26.8 Å². The summed E-state index contributed by atoms with van der Waals surface area (Å²) in [7, 11) is 2.06. The molecule has 7 nitrogen and oxygen atoms in total. The summed E-state index contributed by atoms with van der Waals surface area (Å²) in [6, 6.07) is 18.7. The minimum absolute atomic E-state index is 0.262. The van der Waals surface area contributed by atoms with Crippen LogP contribution in [0.5, 0.6) is 0 Å². The number of likely N-dealkylation sites (N-methyl/N-ethyl adjacent to an activating group) is 1. The van der Waals surface area contributed by atoms with Crippen molar-refractivity contribution in [1.29, 1.82) is 0 Å². The summed E-state index contributed by atoms with van der Waals surface area (Å²) < 4.78 is 0. The second-order valence-corrected chi connectivity index (χ2v) is 6.85. The van der Waals surface area contributed by atoms with Crippen molar-refractivity contribution in [3.63, 3.8) is 0 Å². The summed E-state index contributed by atoms with van der Waals surface area (Å²) in [5, 5.41) is 21.9. The lowest BCUT2D eigenvalue weighted by atomic mass is 10.2. The molecule has 4 rings (SSSR count). The number of aliphatic carboxylic acids is 1. The Bertz CT molecular complexity index is 1050. The lowest BCUT2D eigenvalue weighted by Crippen LogP contribution is -2.37. The third-order valence-corrected chi connectivity index (χ3v) is 4.62. The Hall–Kier alpha value is -3.45. The van der Waals surface area contributed by atoms with Crippen LogP contribution in [-0.4, -0.2) is 34.2 Å². The molecule has 2 aromatic carbocycles. The zero-order chi connectivity index (χ0) is 21.0. The zero-order valence-corrected chi connectivity index (χ0v) is 17.0. The van der Waals surface area contributed by atoms with Gasteiger partial charge in [-0.15, -0.1) is 10.2 Å². The molecule has 0 saturated heterocycles. The first-order chi connectivity index (χ1) is 13.9. The predicted octanol–water partition coefficient (Wildman–Crippen LogP) is 5.25. The van der Waals surface area contributed by atoms with E-state index in [1.807, 2.05) is 37.3 Å². The number of aryl methyl sites for hydroxylation is 1. The number of rotatable bonds is 3. The topological polar surface area (TPSA) is 84.3 Å². The number of hydrogen-bond donors (Lipinski definition) is 2. The molecule has 0 spiro atoms. The van der Waals surface area contributed by atoms with Crippen LogP contribution < -0.4 is 5.01 Å². The maximum atomic E-state index is 9.00. The van der Waals surface area contributed by atoms with Crippen LogP contribution in [0.4, 0.5) is 11.4 Å². The van der Waals surface area contributed by atoms with Crippen LogP contribution >= 0.6 is 0 Å². The van der Waals surface area contributed by atoms with Crippen LogP contribution in [0.2, 0.25) is 0 Å². The summed E-state index contributed by atoms with van der Waals surface area (Å²) in [6.07, 6.45) is 2.13. The van der Waals surface area contributed by atoms with Gasteiger partial charge in [0.1, 0.15) is 5.69 Å². The molecule has 7 heteroatoms. The van der Waals surface area contributed by atoms with E-state index in [1.54, 1.807) is 0 Å². The van der Waals surface area contributed by atoms with Gasteiger partial charge in [0.25, 0.3) is 5.97 Å². The van der Waals surface area contributed by atoms with Gasteiger partial charge in [-0.25, -0.2) is 5.01 Å². The normalized spacial score (nSPS) is 16.8. The first-order valence-corrected chi connectivity index (χ1v) is 9.36. The molecule has 0 fully saturated rings. The van der Waals surface area contributed by atoms with Gasteiger partial charge >= 0.3 is 0 Å². The van der Waals surface area contributed by atoms with Crippen LogP contribution in [0, 0.1) is 6.92 Å². The summed E-state index contributed by atoms with van der Waals surface area (Å²) >= 11 is 0. The molecule has 1 aromatic heterocycles. The molecule has 0 aliphatic carbocycles. The second kappa shape index (κ2) is 8.70. The van der Waals surface area contributed by atoms with Crippen molar-refractivity contribution in [3.8, 4) is 0 Å². The number of hydrazine groups is 1. The van der Waals surface area contributed by atoms with E-state index in [0.717, 1.165) is 40.7 Å². The average molecular weight is 391 g/mol. The Morgan fingerprint density at radius 1 is 1.07 bits per heavy atom. The SMILES string of the molecule is CC(=O)O.Cc1[nH]c2ccccc2c1N=NC1=CC(C)N(C)N1c1ccccc1. The number of nitrogens with zero attached hydrogens (tertiary/aromatic N) is 4. The maximum Gasteiger partial charge on any atom is 0.300 e. The van der Waals surface area contributed by atoms with E-state index in [1.165, 1.54) is 0 Å². The first-order valence-electron chi connectivity index (χ1n) is 9.36. The highest BCUT2D eigenvalue weighted by Crippen LogP contribution is 2.33. The molecule has 0 radical (unpaired) electrons. The number of H-pyrrole nitrogens is 1. The molecule has 1 aliphatic heterocycles. The quantitative estimate of drug-likeness (QED) is 0.597. The molecule has 29 heavy (non-hydrogen) atoms. The Kier molecular flexibility index (Phi) is 6.09. The fourth-order valence-electron chi connectivity index (χ4n) is 3.19. The average Bonchev–Trinajstić information content (AvgIpc) is 3.15. The number of para-hydroxylation sites is 2. The van der Waals surface area contributed by atoms with E-state index in [2.05, 4.69) is 69.5 Å². The molecular formula is C22H25N5O2. The number of nitrogens with one attached hydrogen (secondary N) is 1. The van der Waals surface area contributed by atoms with Crippen molar-refractivity contribution in [2.75, 3.05) is 12.1 Å². The van der Waals surface area contributed by atoms with Gasteiger partial charge in [-0.3, -0.25) is 9.80 Å². The van der Waals surface area contributed by atoms with E-state index in [-0.39, 0.29) is 6.04 Å². The molecule has 3 aromatic rings. The number of carboxylic acids is 1. The molecule has 0 saturated carbocycles. The van der Waals surface area contributed by atoms with Gasteiger partial charge in [0.2, 0.25) is 0 Å². The van der Waals surface area contributed by atoms with E-state index >= 15 is 0 Å². The number of aromatic amines is 1. The summed E-state index contributed by atoms with van der Waals surface area (Å²) in [5.74, 6) is 0.00545. The van der Waals surface area contributed by atoms with Gasteiger partial charge in [0, 0.05) is 36.6 Å². The summed E-state index contributed by atoms with van der Waals surface area (Å²) in [5.41, 5.74) is 4.08. The van der Waals surface area contributed by atoms with Gasteiger partial charge in [0.05, 0.1) is 5.69 Å². The molecule has 0 bridgehead atoms. The number of aromatic nitrogens is 1. The zero-order valence-electron chi connectivity index (χ0n) is 17.0. The maximum absolute atomic E-state index is 9.00. The Labute approximate surface area is 170 Å². The van der Waals surface area contributed by atoms with Gasteiger partial charge in [0.15, 0.2) is 5.82 Å². The molecule has 2 heterocycles. The van der Waals surface area contributed by atoms with E-state index in [4.69, 9.17) is 9.90 Å². The number of carbonyl (C=O) groups is 1. The summed E-state index contributed by atoms with van der Waals surface area (Å²) in [4.78, 5) is 12.4. The highest BCUT2D eigenvalue weighted by molar-refractivity contribution is 5.92. The summed E-state index contributed by atoms with van der Waals surface area (Å²) in [6.45, 7) is 5.26. The van der Waals surface area contributed by atoms with Gasteiger partial charge in [-0.05, 0) is 38.1 Å². The highest BCUT2D eigenvalue weighted by atomic mass is 16.4. The van der Waals surface area contributed by atoms with Crippen LogP contribution in [0.1, 0.15) is 19.5 Å². The number of hydrogen-bond acceptors (Lipinski definition) is 5. The second-order valence-electron chi connectivity index (χ2n) is 6.85. The van der Waals surface area contributed by atoms with E-state index in [0.29, 0.717) is 0 Å². The lowest BCUT2D eigenvalue weighted by molar-refractivity contribution is -0.134. The number of anilines is 1. The molecular weight excluding hydrogens is 366 g/mol. The lowest BCUT2D eigenvalue weighted by Gasteiger charge is -2.29. The number of fused-ring (bicyclic) bond motifs is 1. The fraction of sp³-hybridized carbons (Fsp3) is 0.227. The fourth-order valence-corrected chi connectivity index (χ4v) is 3.19. The van der Waals surface area contributed by atoms with Crippen LogP contribution in [0.3, 0.4) is 0 Å². The third-order valence-electron chi connectivity index (χ3n) is 4.62. The molecule has 2 N–H and O–H groups in total. The Morgan fingerprint density at radius 3 is 2.38 bits per heavy atom. The third kappa shape index (κ3) is 4.52. The Balaban J connectivity index is 0.000000552. The van der Waals surface area contributed by atoms with Gasteiger partial charge in [-0.2, -0.15) is 0 Å². The molecule has 1 unspecified atom stereocenters. The van der Waals surface area contributed by atoms with Gasteiger partial charge < -0.3 is 10.1 Å². The highest BCUT2D eigenvalue weighted by Gasteiger charge is 2.27. The monoisotopic (exact) mass is 391 g/mol. The first kappa shape index (κ1) is 20.3. The minimum Gasteiger partial charge on any atom is -0.481 e. The van der Waals surface area contributed by atoms with E-state index in [9.17, 15) is 0 Å². The van der Waals surface area contributed by atoms with Crippen LogP contribution in [0.25, 0.3) is 10.9 Å². The molecule has 0 amide bonds. The predicted molar refractivity (Wildman–Crippen MR) is 115 cm³/mol. The van der Waals surface area contributed by atoms with Gasteiger partial charge in [-0.1, -0.05) is 36.4 Å². The number of azo groups is 1. The van der Waals surface area contributed by atoms with Crippen molar-refractivity contribution in [3.05, 3.63) is 72.2 Å². The minimum atomic E-state index is -0.833. The molecule has 1 aliphatic rings. The van der Waals surface area contributed by atoms with Crippen molar-refractivity contribution >= 4 is 28.2 Å². The number of benzene rings is 2. The Morgan fingerprint density at radius 2 is 1.69 bits per heavy atom. The number of carboxylic acid groups (broad SMARTS) is 1. The molecule has 1 atom stereocenters. The van der Waals surface area contributed by atoms with E-state index < -0.39 is 5.97 Å². The smallest absolute Gasteiger partial charge is 0.300 e. The molecule has 150 valence electrons.